The van der Waals surface area contributed by atoms with E-state index in [0.29, 0.717) is 18.7 Å². The Bertz CT molecular complexity index is 691. The quantitative estimate of drug-likeness (QED) is 0.582. The minimum Gasteiger partial charge on any atom is -0.465 e. The molecule has 1 atom stereocenters. The first-order valence-corrected chi connectivity index (χ1v) is 8.03. The Kier molecular flexibility index (Phi) is 6.15. The second-order valence-electron chi connectivity index (χ2n) is 5.62. The fourth-order valence-electron chi connectivity index (χ4n) is 2.36. The average Bonchev–Trinajstić information content (AvgIpc) is 2.57. The molecule has 2 aromatic rings. The number of pyridine rings is 1. The summed E-state index contributed by atoms with van der Waals surface area (Å²) in [5.41, 5.74) is 1.38. The Morgan fingerprint density at radius 2 is 1.91 bits per heavy atom. The van der Waals surface area contributed by atoms with Crippen LogP contribution in [0.25, 0.3) is 0 Å². The van der Waals surface area contributed by atoms with Crippen LogP contribution in [-0.2, 0) is 16.1 Å². The Morgan fingerprint density at radius 1 is 1.17 bits per heavy atom. The number of carbonyl (C=O) groups excluding carboxylic acids is 1. The molecule has 0 radical (unpaired) electrons. The number of benzene rings is 1. The lowest BCUT2D eigenvalue weighted by Crippen LogP contribution is -2.27. The number of esters is 1. The zero-order valence-corrected chi connectivity index (χ0v) is 13.7. The van der Waals surface area contributed by atoms with E-state index in [0.717, 1.165) is 18.4 Å². The van der Waals surface area contributed by atoms with Gasteiger partial charge in [-0.3, -0.25) is 9.59 Å². The van der Waals surface area contributed by atoms with E-state index in [2.05, 4.69) is 0 Å². The van der Waals surface area contributed by atoms with Gasteiger partial charge in [0.1, 0.15) is 0 Å². The number of unbranched alkanes of at least 4 members (excludes halogenated alkanes) is 1. The fourth-order valence-corrected chi connectivity index (χ4v) is 2.36. The largest absolute Gasteiger partial charge is 0.465 e. The molecular weight excluding hydrogens is 290 g/mol. The van der Waals surface area contributed by atoms with Gasteiger partial charge in [0.15, 0.2) is 0 Å². The molecule has 1 unspecified atom stereocenters. The predicted molar refractivity (Wildman–Crippen MR) is 90.5 cm³/mol. The second kappa shape index (κ2) is 8.32. The molecule has 0 saturated carbocycles. The van der Waals surface area contributed by atoms with Crippen LogP contribution in [0, 0.1) is 0 Å². The van der Waals surface area contributed by atoms with Crippen LogP contribution in [0.5, 0.6) is 0 Å². The van der Waals surface area contributed by atoms with Gasteiger partial charge in [0, 0.05) is 11.8 Å². The van der Waals surface area contributed by atoms with Crippen molar-refractivity contribution < 1.29 is 9.53 Å². The van der Waals surface area contributed by atoms with Crippen molar-refractivity contribution in [3.05, 3.63) is 70.1 Å². The number of carbonyl (C=O) groups is 1. The summed E-state index contributed by atoms with van der Waals surface area (Å²) in [5.74, 6) is -0.893. The molecule has 4 nitrogen and oxygen atoms in total. The molecule has 0 saturated heterocycles. The smallest absolute Gasteiger partial charge is 0.313 e. The standard InChI is InChI=1S/C19H23NO3/c1-3-4-13-23-19(22)15(2)17-11-8-12-20(18(17)21)14-16-9-6-5-7-10-16/h5-12,15H,3-4,13-14H2,1-2H3. The van der Waals surface area contributed by atoms with Crippen LogP contribution < -0.4 is 5.56 Å². The van der Waals surface area contributed by atoms with Crippen molar-refractivity contribution in [3.63, 3.8) is 0 Å². The summed E-state index contributed by atoms with van der Waals surface area (Å²) >= 11 is 0. The molecular formula is C19H23NO3. The normalized spacial score (nSPS) is 11.9. The minimum absolute atomic E-state index is 0.142. The highest BCUT2D eigenvalue weighted by Crippen LogP contribution is 2.13. The summed E-state index contributed by atoms with van der Waals surface area (Å²) in [6.45, 7) is 4.66. The lowest BCUT2D eigenvalue weighted by Gasteiger charge is -2.13. The van der Waals surface area contributed by atoms with E-state index in [1.165, 1.54) is 0 Å². The molecule has 23 heavy (non-hydrogen) atoms. The molecule has 122 valence electrons. The monoisotopic (exact) mass is 313 g/mol. The molecule has 4 heteroatoms. The van der Waals surface area contributed by atoms with Crippen LogP contribution in [0.4, 0.5) is 0 Å². The van der Waals surface area contributed by atoms with Crippen molar-refractivity contribution in [2.75, 3.05) is 6.61 Å². The summed E-state index contributed by atoms with van der Waals surface area (Å²) in [6.07, 6.45) is 3.55. The highest BCUT2D eigenvalue weighted by Gasteiger charge is 2.20. The second-order valence-corrected chi connectivity index (χ2v) is 5.62. The summed E-state index contributed by atoms with van der Waals surface area (Å²) < 4.78 is 6.85. The zero-order chi connectivity index (χ0) is 16.7. The van der Waals surface area contributed by atoms with Gasteiger partial charge in [0.05, 0.1) is 19.1 Å². The summed E-state index contributed by atoms with van der Waals surface area (Å²) in [5, 5.41) is 0. The highest BCUT2D eigenvalue weighted by molar-refractivity contribution is 5.77. The molecule has 0 N–H and O–H groups in total. The maximum Gasteiger partial charge on any atom is 0.313 e. The summed E-state index contributed by atoms with van der Waals surface area (Å²) in [7, 11) is 0. The molecule has 1 aromatic carbocycles. The van der Waals surface area contributed by atoms with Gasteiger partial charge in [-0.15, -0.1) is 0 Å². The third-order valence-corrected chi connectivity index (χ3v) is 3.81. The van der Waals surface area contributed by atoms with E-state index in [1.54, 1.807) is 29.8 Å². The number of aromatic nitrogens is 1. The number of rotatable bonds is 7. The molecule has 0 spiro atoms. The number of nitrogens with zero attached hydrogens (tertiary/aromatic N) is 1. The molecule has 0 aliphatic heterocycles. The number of hydrogen-bond acceptors (Lipinski definition) is 3. The molecule has 1 aromatic heterocycles. The molecule has 0 amide bonds. The third-order valence-electron chi connectivity index (χ3n) is 3.81. The summed E-state index contributed by atoms with van der Waals surface area (Å²) in [4.78, 5) is 24.7. The van der Waals surface area contributed by atoms with Crippen LogP contribution in [-0.4, -0.2) is 17.1 Å². The first kappa shape index (κ1) is 17.0. The van der Waals surface area contributed by atoms with Crippen LogP contribution >= 0.6 is 0 Å². The first-order valence-electron chi connectivity index (χ1n) is 8.03. The van der Waals surface area contributed by atoms with E-state index >= 15 is 0 Å². The van der Waals surface area contributed by atoms with Crippen LogP contribution in [0.3, 0.4) is 0 Å². The average molecular weight is 313 g/mol. The maximum absolute atomic E-state index is 12.6. The summed E-state index contributed by atoms with van der Waals surface area (Å²) in [6, 6.07) is 13.3. The molecule has 0 aliphatic rings. The van der Waals surface area contributed by atoms with Crippen LogP contribution in [0.2, 0.25) is 0 Å². The topological polar surface area (TPSA) is 48.3 Å². The van der Waals surface area contributed by atoms with E-state index < -0.39 is 5.92 Å². The Balaban J connectivity index is 2.15. The fraction of sp³-hybridized carbons (Fsp3) is 0.368. The highest BCUT2D eigenvalue weighted by atomic mass is 16.5. The minimum atomic E-state index is -0.553. The molecule has 0 bridgehead atoms. The predicted octanol–water partition coefficient (Wildman–Crippen LogP) is 3.34. The first-order chi connectivity index (χ1) is 11.1. The van der Waals surface area contributed by atoms with Gasteiger partial charge in [-0.2, -0.15) is 0 Å². The van der Waals surface area contributed by atoms with Gasteiger partial charge >= 0.3 is 5.97 Å². The van der Waals surface area contributed by atoms with Gasteiger partial charge in [0.2, 0.25) is 0 Å². The number of hydrogen-bond donors (Lipinski definition) is 0. The van der Waals surface area contributed by atoms with Crippen LogP contribution in [0.1, 0.15) is 43.7 Å². The van der Waals surface area contributed by atoms with E-state index in [1.807, 2.05) is 37.3 Å². The van der Waals surface area contributed by atoms with Crippen molar-refractivity contribution in [3.8, 4) is 0 Å². The van der Waals surface area contributed by atoms with Crippen molar-refractivity contribution in [2.24, 2.45) is 0 Å². The lowest BCUT2D eigenvalue weighted by atomic mass is 10.0. The van der Waals surface area contributed by atoms with Crippen molar-refractivity contribution >= 4 is 5.97 Å². The molecule has 2 rings (SSSR count). The maximum atomic E-state index is 12.6. The van der Waals surface area contributed by atoms with Crippen LogP contribution in [0.15, 0.2) is 53.5 Å². The molecule has 0 aliphatic carbocycles. The van der Waals surface area contributed by atoms with Gasteiger partial charge in [-0.25, -0.2) is 0 Å². The van der Waals surface area contributed by atoms with Crippen molar-refractivity contribution in [1.82, 2.24) is 4.57 Å². The molecule has 0 fully saturated rings. The lowest BCUT2D eigenvalue weighted by molar-refractivity contribution is -0.145. The van der Waals surface area contributed by atoms with Gasteiger partial charge in [-0.05, 0) is 25.0 Å². The Hall–Kier alpha value is -2.36. The molecule has 1 heterocycles. The van der Waals surface area contributed by atoms with Crippen molar-refractivity contribution in [1.29, 1.82) is 0 Å². The van der Waals surface area contributed by atoms with E-state index in [9.17, 15) is 9.59 Å². The van der Waals surface area contributed by atoms with Gasteiger partial charge in [-0.1, -0.05) is 49.7 Å². The van der Waals surface area contributed by atoms with Gasteiger partial charge < -0.3 is 9.30 Å². The Labute approximate surface area is 136 Å². The van der Waals surface area contributed by atoms with E-state index in [4.69, 9.17) is 4.74 Å². The van der Waals surface area contributed by atoms with Crippen molar-refractivity contribution in [2.45, 2.75) is 39.2 Å². The number of ether oxygens (including phenoxy) is 1. The SMILES string of the molecule is CCCCOC(=O)C(C)c1cccn(Cc2ccccc2)c1=O. The van der Waals surface area contributed by atoms with E-state index in [-0.39, 0.29) is 11.5 Å². The third kappa shape index (κ3) is 4.55. The zero-order valence-electron chi connectivity index (χ0n) is 13.7. The Morgan fingerprint density at radius 3 is 2.61 bits per heavy atom. The van der Waals surface area contributed by atoms with Gasteiger partial charge in [0.25, 0.3) is 5.56 Å².